The van der Waals surface area contributed by atoms with Gasteiger partial charge >= 0.3 is 5.69 Å². The van der Waals surface area contributed by atoms with Gasteiger partial charge in [-0.3, -0.25) is 9.36 Å². The molecule has 0 spiro atoms. The Balaban J connectivity index is 2.28. The van der Waals surface area contributed by atoms with Crippen molar-refractivity contribution in [2.45, 2.75) is 0 Å². The number of hydrogen-bond donors (Lipinski definition) is 0. The van der Waals surface area contributed by atoms with Crippen LogP contribution in [0.5, 0.6) is 0 Å². The fourth-order valence-electron chi connectivity index (χ4n) is 2.67. The fraction of sp³-hybridized carbons (Fsp3) is 0. The van der Waals surface area contributed by atoms with Crippen molar-refractivity contribution in [3.8, 4) is 11.5 Å². The molecule has 0 radical (unpaired) electrons. The third kappa shape index (κ3) is 2.59. The van der Waals surface area contributed by atoms with Gasteiger partial charge in [0.1, 0.15) is 0 Å². The molecule has 0 atom stereocenters. The molecule has 0 N–H and O–H groups in total. The third-order valence-electron chi connectivity index (χ3n) is 3.70. The second kappa shape index (κ2) is 5.84. The normalized spacial score (nSPS) is 11.3. The minimum Gasteiger partial charge on any atom is -0.274 e. The van der Waals surface area contributed by atoms with Gasteiger partial charge in [0.15, 0.2) is 5.82 Å². The van der Waals surface area contributed by atoms with E-state index in [4.69, 9.17) is 34.8 Å². The zero-order chi connectivity index (χ0) is 17.7. The molecule has 124 valence electrons. The molecular weight excluding hydrogens is 387 g/mol. The Bertz CT molecular complexity index is 1230. The molecule has 0 aromatic heterocycles. The van der Waals surface area contributed by atoms with E-state index in [1.54, 1.807) is 30.3 Å². The van der Waals surface area contributed by atoms with Crippen LogP contribution in [0.1, 0.15) is 0 Å². The molecule has 0 saturated carbocycles. The lowest BCUT2D eigenvalue weighted by atomic mass is 10.2. The summed E-state index contributed by atoms with van der Waals surface area (Å²) in [6, 6.07) is 10.8. The molecule has 4 rings (SSSR count). The Hall–Kier alpha value is -2.41. The molecule has 25 heavy (non-hydrogen) atoms. The molecule has 2 aliphatic heterocycles. The van der Waals surface area contributed by atoms with E-state index in [9.17, 15) is 9.59 Å². The van der Waals surface area contributed by atoms with Crippen LogP contribution in [-0.2, 0) is 0 Å². The van der Waals surface area contributed by atoms with Crippen LogP contribution in [0.4, 0.5) is 0 Å². The van der Waals surface area contributed by atoms with Gasteiger partial charge < -0.3 is 0 Å². The highest BCUT2D eigenvalue weighted by atomic mass is 35.5. The molecule has 0 unspecified atom stereocenters. The van der Waals surface area contributed by atoms with E-state index in [2.05, 4.69) is 10.2 Å². The van der Waals surface area contributed by atoms with Gasteiger partial charge in [-0.15, -0.1) is 5.10 Å². The number of hydrogen-bond acceptors (Lipinski definition) is 4. The fourth-order valence-corrected chi connectivity index (χ4v) is 3.33. The highest BCUT2D eigenvalue weighted by Crippen LogP contribution is 2.27. The van der Waals surface area contributed by atoms with Crippen LogP contribution in [0.2, 0.25) is 15.1 Å². The lowest BCUT2D eigenvalue weighted by Gasteiger charge is -2.10. The lowest BCUT2D eigenvalue weighted by molar-refractivity contribution is 1.03. The maximum absolute atomic E-state index is 12.9. The summed E-state index contributed by atoms with van der Waals surface area (Å²) in [7, 11) is 0. The summed E-state index contributed by atoms with van der Waals surface area (Å²) in [5.74, 6) is 0.131. The average molecular weight is 394 g/mol. The first-order valence-corrected chi connectivity index (χ1v) is 8.15. The highest BCUT2D eigenvalue weighted by Gasteiger charge is 2.17. The van der Waals surface area contributed by atoms with Gasteiger partial charge in [-0.05, 0) is 36.4 Å². The van der Waals surface area contributed by atoms with E-state index < -0.39 is 11.2 Å². The van der Waals surface area contributed by atoms with E-state index in [1.807, 2.05) is 0 Å². The molecule has 0 amide bonds. The number of halogens is 3. The van der Waals surface area contributed by atoms with Crippen molar-refractivity contribution >= 4 is 45.8 Å². The standard InChI is InChI=1S/C16H7Cl3N4O2/c17-8-1-3-11(10(19)5-8)22-13-6-9(18)2-4-12(13)23-14(7-15(22)24)20-21-16(23)25/h1-7H. The summed E-state index contributed by atoms with van der Waals surface area (Å²) in [6.45, 7) is 0. The summed E-state index contributed by atoms with van der Waals surface area (Å²) >= 11 is 18.3. The van der Waals surface area contributed by atoms with Crippen LogP contribution in [-0.4, -0.2) is 19.3 Å². The number of nitrogens with zero attached hydrogens (tertiary/aromatic N) is 4. The number of aromatic nitrogens is 4. The van der Waals surface area contributed by atoms with Crippen molar-refractivity contribution in [1.29, 1.82) is 0 Å². The van der Waals surface area contributed by atoms with Gasteiger partial charge in [0.2, 0.25) is 0 Å². The molecule has 0 saturated heterocycles. The van der Waals surface area contributed by atoms with E-state index in [0.717, 1.165) is 0 Å². The van der Waals surface area contributed by atoms with Crippen molar-refractivity contribution in [3.05, 3.63) is 78.4 Å². The van der Waals surface area contributed by atoms with Crippen LogP contribution < -0.4 is 11.2 Å². The Morgan fingerprint density at radius 2 is 1.48 bits per heavy atom. The Morgan fingerprint density at radius 3 is 2.24 bits per heavy atom. The van der Waals surface area contributed by atoms with Gasteiger partial charge in [-0.1, -0.05) is 39.9 Å². The van der Waals surface area contributed by atoms with Crippen LogP contribution in [0.15, 0.2) is 52.1 Å². The number of benzene rings is 2. The smallest absolute Gasteiger partial charge is 0.274 e. The molecule has 9 heteroatoms. The lowest BCUT2D eigenvalue weighted by Crippen LogP contribution is -2.15. The second-order valence-electron chi connectivity index (χ2n) is 5.22. The summed E-state index contributed by atoms with van der Waals surface area (Å²) in [5, 5.41) is 8.37. The van der Waals surface area contributed by atoms with Crippen molar-refractivity contribution in [1.82, 2.24) is 19.3 Å². The van der Waals surface area contributed by atoms with Crippen molar-refractivity contribution in [2.24, 2.45) is 0 Å². The van der Waals surface area contributed by atoms with Crippen molar-refractivity contribution < 1.29 is 0 Å². The molecule has 0 aliphatic carbocycles. The Kier molecular flexibility index (Phi) is 3.76. The zero-order valence-electron chi connectivity index (χ0n) is 12.3. The molecule has 2 heterocycles. The first kappa shape index (κ1) is 16.1. The maximum atomic E-state index is 12.9. The second-order valence-corrected chi connectivity index (χ2v) is 6.50. The molecule has 2 aromatic rings. The topological polar surface area (TPSA) is 69.8 Å². The predicted octanol–water partition coefficient (Wildman–Crippen LogP) is 3.33. The molecule has 2 aliphatic rings. The predicted molar refractivity (Wildman–Crippen MR) is 96.9 cm³/mol. The molecule has 6 nitrogen and oxygen atoms in total. The highest BCUT2D eigenvalue weighted by molar-refractivity contribution is 6.35. The van der Waals surface area contributed by atoms with Crippen molar-refractivity contribution in [3.63, 3.8) is 0 Å². The van der Waals surface area contributed by atoms with E-state index in [0.29, 0.717) is 26.8 Å². The first-order chi connectivity index (χ1) is 12.0. The third-order valence-corrected chi connectivity index (χ3v) is 4.47. The number of rotatable bonds is 1. The van der Waals surface area contributed by atoms with Gasteiger partial charge in [0, 0.05) is 16.1 Å². The van der Waals surface area contributed by atoms with E-state index >= 15 is 0 Å². The Labute approximate surface area is 155 Å². The van der Waals surface area contributed by atoms with Gasteiger partial charge in [-0.25, -0.2) is 9.36 Å². The molecular formula is C16H7Cl3N4O2. The van der Waals surface area contributed by atoms with Gasteiger partial charge in [-0.2, -0.15) is 0 Å². The summed E-state index contributed by atoms with van der Waals surface area (Å²) < 4.78 is 2.60. The number of fused-ring (bicyclic) bond motifs is 3. The monoisotopic (exact) mass is 392 g/mol. The SMILES string of the molecule is O=c1cc2nnc(=O)n-2c2ccc(Cl)cc2n1-c1ccc(Cl)cc1Cl. The largest absolute Gasteiger partial charge is 0.372 e. The van der Waals surface area contributed by atoms with Crippen molar-refractivity contribution in [2.75, 3.05) is 0 Å². The van der Waals surface area contributed by atoms with E-state index in [1.165, 1.54) is 21.3 Å². The van der Waals surface area contributed by atoms with Gasteiger partial charge in [0.25, 0.3) is 5.56 Å². The van der Waals surface area contributed by atoms with Crippen LogP contribution in [0.25, 0.3) is 22.5 Å². The zero-order valence-corrected chi connectivity index (χ0v) is 14.5. The Morgan fingerprint density at radius 1 is 0.760 bits per heavy atom. The average Bonchev–Trinajstić information content (AvgIpc) is 2.85. The summed E-state index contributed by atoms with van der Waals surface area (Å²) in [5.41, 5.74) is 0.170. The van der Waals surface area contributed by atoms with Crippen LogP contribution in [0.3, 0.4) is 0 Å². The quantitative estimate of drug-likeness (QED) is 0.497. The first-order valence-electron chi connectivity index (χ1n) is 7.02. The molecule has 0 fully saturated rings. The van der Waals surface area contributed by atoms with Crippen LogP contribution in [0, 0.1) is 0 Å². The minimum atomic E-state index is -0.591. The molecule has 0 bridgehead atoms. The maximum Gasteiger partial charge on any atom is 0.372 e. The van der Waals surface area contributed by atoms with Crippen LogP contribution >= 0.6 is 34.8 Å². The molecule has 2 aromatic carbocycles. The summed E-state index contributed by atoms with van der Waals surface area (Å²) in [6.07, 6.45) is 0. The summed E-state index contributed by atoms with van der Waals surface area (Å²) in [4.78, 5) is 24.9. The van der Waals surface area contributed by atoms with Gasteiger partial charge in [0.05, 0.1) is 21.7 Å². The van der Waals surface area contributed by atoms with E-state index in [-0.39, 0.29) is 10.8 Å². The minimum absolute atomic E-state index is 0.131.